The second-order valence-corrected chi connectivity index (χ2v) is 7.32. The molecule has 0 unspecified atom stereocenters. The molecule has 1 saturated heterocycles. The van der Waals surface area contributed by atoms with Crippen LogP contribution in [0.1, 0.15) is 28.5 Å². The Morgan fingerprint density at radius 1 is 1.33 bits per heavy atom. The molecule has 1 aliphatic heterocycles. The molecule has 3 rings (SSSR count). The molecule has 0 radical (unpaired) electrons. The van der Waals surface area contributed by atoms with E-state index in [1.165, 1.54) is 5.56 Å². The number of rotatable bonds is 5. The van der Waals surface area contributed by atoms with Crippen molar-refractivity contribution in [2.45, 2.75) is 32.2 Å². The summed E-state index contributed by atoms with van der Waals surface area (Å²) < 4.78 is 0. The molecule has 1 aliphatic rings. The van der Waals surface area contributed by atoms with Crippen molar-refractivity contribution in [1.82, 2.24) is 14.8 Å². The van der Waals surface area contributed by atoms with Crippen molar-refractivity contribution in [3.8, 4) is 6.07 Å². The third kappa shape index (κ3) is 4.19. The Balaban J connectivity index is 1.59. The van der Waals surface area contributed by atoms with Gasteiger partial charge in [-0.1, -0.05) is 30.3 Å². The van der Waals surface area contributed by atoms with Crippen LogP contribution in [0, 0.1) is 11.3 Å². The number of aliphatic hydroxyl groups excluding tert-OH is 1. The first-order valence-corrected chi connectivity index (χ1v) is 9.00. The molecule has 24 heavy (non-hydrogen) atoms. The summed E-state index contributed by atoms with van der Waals surface area (Å²) in [6, 6.07) is 12.7. The number of thiazole rings is 1. The lowest BCUT2D eigenvalue weighted by Crippen LogP contribution is -2.51. The van der Waals surface area contributed by atoms with Crippen molar-refractivity contribution >= 4 is 11.3 Å². The van der Waals surface area contributed by atoms with Crippen LogP contribution in [0.4, 0.5) is 0 Å². The van der Waals surface area contributed by atoms with E-state index < -0.39 is 6.10 Å². The van der Waals surface area contributed by atoms with E-state index in [0.717, 1.165) is 42.6 Å². The molecule has 2 atom stereocenters. The summed E-state index contributed by atoms with van der Waals surface area (Å²) in [5.74, 6) is 0. The Labute approximate surface area is 146 Å². The largest absolute Gasteiger partial charge is 0.386 e. The maximum atomic E-state index is 9.58. The second-order valence-electron chi connectivity index (χ2n) is 6.18. The highest BCUT2D eigenvalue weighted by molar-refractivity contribution is 7.11. The average molecular weight is 342 g/mol. The molecule has 1 aromatic heterocycles. The van der Waals surface area contributed by atoms with E-state index in [1.807, 2.05) is 24.4 Å². The maximum Gasteiger partial charge on any atom is 0.121 e. The van der Waals surface area contributed by atoms with Crippen molar-refractivity contribution in [3.63, 3.8) is 0 Å². The van der Waals surface area contributed by atoms with Crippen LogP contribution in [0.3, 0.4) is 0 Å². The van der Waals surface area contributed by atoms with E-state index >= 15 is 0 Å². The SMILES string of the molecule is C[C@H](O)c1ncc(CN2CCN(Cc3ccccc3)[C@@H](C#N)C2)s1. The fourth-order valence-corrected chi connectivity index (χ4v) is 3.86. The molecule has 6 heteroatoms. The van der Waals surface area contributed by atoms with E-state index in [1.54, 1.807) is 18.3 Å². The van der Waals surface area contributed by atoms with Gasteiger partial charge in [0.1, 0.15) is 17.2 Å². The molecule has 1 N–H and O–H groups in total. The topological polar surface area (TPSA) is 63.4 Å². The highest BCUT2D eigenvalue weighted by Gasteiger charge is 2.27. The highest BCUT2D eigenvalue weighted by Crippen LogP contribution is 2.22. The number of hydrogen-bond acceptors (Lipinski definition) is 6. The van der Waals surface area contributed by atoms with Crippen LogP contribution < -0.4 is 0 Å². The summed E-state index contributed by atoms with van der Waals surface area (Å²) in [5.41, 5.74) is 1.25. The predicted octanol–water partition coefficient (Wildman–Crippen LogP) is 2.41. The van der Waals surface area contributed by atoms with Gasteiger partial charge in [0.25, 0.3) is 0 Å². The van der Waals surface area contributed by atoms with E-state index in [0.29, 0.717) is 0 Å². The lowest BCUT2D eigenvalue weighted by atomic mass is 10.1. The van der Waals surface area contributed by atoms with Crippen LogP contribution in [0.25, 0.3) is 0 Å². The third-order valence-corrected chi connectivity index (χ3v) is 5.41. The normalized spacial score (nSPS) is 20.6. The second kappa shape index (κ2) is 7.86. The summed E-state index contributed by atoms with van der Waals surface area (Å²) in [7, 11) is 0. The molecule has 0 bridgehead atoms. The Kier molecular flexibility index (Phi) is 5.59. The molecule has 0 amide bonds. The number of aliphatic hydroxyl groups is 1. The lowest BCUT2D eigenvalue weighted by molar-refractivity contribution is 0.0908. The minimum atomic E-state index is -0.515. The molecule has 0 aliphatic carbocycles. The maximum absolute atomic E-state index is 9.58. The zero-order chi connectivity index (χ0) is 16.9. The van der Waals surface area contributed by atoms with Gasteiger partial charge >= 0.3 is 0 Å². The summed E-state index contributed by atoms with van der Waals surface area (Å²) in [5, 5.41) is 19.9. The number of aromatic nitrogens is 1. The van der Waals surface area contributed by atoms with Gasteiger partial charge in [0.2, 0.25) is 0 Å². The van der Waals surface area contributed by atoms with Crippen LogP contribution in [-0.4, -0.2) is 45.6 Å². The minimum Gasteiger partial charge on any atom is -0.386 e. The van der Waals surface area contributed by atoms with E-state index in [9.17, 15) is 10.4 Å². The molecule has 0 saturated carbocycles. The van der Waals surface area contributed by atoms with Gasteiger partial charge in [0.05, 0.1) is 6.07 Å². The van der Waals surface area contributed by atoms with Crippen molar-refractivity contribution < 1.29 is 5.11 Å². The van der Waals surface area contributed by atoms with Gasteiger partial charge in [0.15, 0.2) is 0 Å². The van der Waals surface area contributed by atoms with Crippen molar-refractivity contribution in [1.29, 1.82) is 5.26 Å². The smallest absolute Gasteiger partial charge is 0.121 e. The number of nitrogens with zero attached hydrogens (tertiary/aromatic N) is 4. The van der Waals surface area contributed by atoms with Gasteiger partial charge in [0, 0.05) is 43.8 Å². The Hall–Kier alpha value is -1.78. The molecule has 2 aromatic rings. The zero-order valence-electron chi connectivity index (χ0n) is 13.8. The first-order chi connectivity index (χ1) is 11.7. The van der Waals surface area contributed by atoms with Crippen molar-refractivity contribution in [3.05, 3.63) is 52.0 Å². The van der Waals surface area contributed by atoms with Crippen LogP contribution in [0.15, 0.2) is 36.5 Å². The summed E-state index contributed by atoms with van der Waals surface area (Å²) >= 11 is 1.55. The first kappa shape index (κ1) is 17.1. The zero-order valence-corrected chi connectivity index (χ0v) is 14.6. The average Bonchev–Trinajstić information content (AvgIpc) is 3.06. The molecule has 1 aromatic carbocycles. The van der Waals surface area contributed by atoms with Gasteiger partial charge in [-0.3, -0.25) is 9.80 Å². The number of piperazine rings is 1. The van der Waals surface area contributed by atoms with Crippen LogP contribution >= 0.6 is 11.3 Å². The van der Waals surface area contributed by atoms with Gasteiger partial charge in [-0.2, -0.15) is 5.26 Å². The van der Waals surface area contributed by atoms with Crippen LogP contribution in [0.5, 0.6) is 0 Å². The fourth-order valence-electron chi connectivity index (χ4n) is 2.96. The number of nitriles is 1. The summed E-state index contributed by atoms with van der Waals surface area (Å²) in [4.78, 5) is 9.95. The lowest BCUT2D eigenvalue weighted by Gasteiger charge is -2.38. The fraction of sp³-hybridized carbons (Fsp3) is 0.444. The van der Waals surface area contributed by atoms with Crippen LogP contribution in [-0.2, 0) is 13.1 Å². The predicted molar refractivity (Wildman–Crippen MR) is 94.3 cm³/mol. The molecule has 1 fully saturated rings. The quantitative estimate of drug-likeness (QED) is 0.904. The van der Waals surface area contributed by atoms with Crippen LogP contribution in [0.2, 0.25) is 0 Å². The standard InChI is InChI=1S/C18H22N4OS/c1-14(23)18-20-10-17(24-18)13-21-7-8-22(16(9-19)12-21)11-15-5-3-2-4-6-15/h2-6,10,14,16,23H,7-8,11-13H2,1H3/t14-,16-/m0/s1. The van der Waals surface area contributed by atoms with Gasteiger partial charge in [-0.15, -0.1) is 11.3 Å². The number of hydrogen-bond donors (Lipinski definition) is 1. The summed E-state index contributed by atoms with van der Waals surface area (Å²) in [6.45, 7) is 5.91. The Morgan fingerprint density at radius 2 is 2.12 bits per heavy atom. The third-order valence-electron chi connectivity index (χ3n) is 4.26. The minimum absolute atomic E-state index is 0.0943. The Morgan fingerprint density at radius 3 is 2.79 bits per heavy atom. The van der Waals surface area contributed by atoms with Crippen molar-refractivity contribution in [2.24, 2.45) is 0 Å². The van der Waals surface area contributed by atoms with Gasteiger partial charge < -0.3 is 5.11 Å². The molecule has 2 heterocycles. The number of benzene rings is 1. The van der Waals surface area contributed by atoms with E-state index in [2.05, 4.69) is 33.0 Å². The van der Waals surface area contributed by atoms with Gasteiger partial charge in [-0.25, -0.2) is 4.98 Å². The summed E-state index contributed by atoms with van der Waals surface area (Å²) in [6.07, 6.45) is 1.32. The van der Waals surface area contributed by atoms with E-state index in [-0.39, 0.29) is 6.04 Å². The van der Waals surface area contributed by atoms with Gasteiger partial charge in [-0.05, 0) is 12.5 Å². The molecule has 126 valence electrons. The molecule has 0 spiro atoms. The van der Waals surface area contributed by atoms with E-state index in [4.69, 9.17) is 0 Å². The van der Waals surface area contributed by atoms with Crippen molar-refractivity contribution in [2.75, 3.05) is 19.6 Å². The Bertz CT molecular complexity index is 695. The molecular weight excluding hydrogens is 320 g/mol. The molecule has 5 nitrogen and oxygen atoms in total. The first-order valence-electron chi connectivity index (χ1n) is 8.18. The monoisotopic (exact) mass is 342 g/mol. The molecular formula is C18H22N4OS. The highest BCUT2D eigenvalue weighted by atomic mass is 32.1.